The van der Waals surface area contributed by atoms with Gasteiger partial charge in [-0.1, -0.05) is 18.2 Å². The van der Waals surface area contributed by atoms with E-state index in [9.17, 15) is 14.4 Å². The van der Waals surface area contributed by atoms with Crippen molar-refractivity contribution in [1.29, 1.82) is 0 Å². The van der Waals surface area contributed by atoms with Gasteiger partial charge in [-0.3, -0.25) is 14.0 Å². The highest BCUT2D eigenvalue weighted by atomic mass is 32.2. The number of carbonyl (C=O) groups excluding carboxylic acids is 1. The van der Waals surface area contributed by atoms with Gasteiger partial charge < -0.3 is 10.3 Å². The van der Waals surface area contributed by atoms with Crippen molar-refractivity contribution in [2.24, 2.45) is 0 Å². The zero-order chi connectivity index (χ0) is 21.1. The molecule has 0 radical (unpaired) electrons. The number of para-hydroxylation sites is 1. The molecule has 1 amide bonds. The molecule has 3 heterocycles. The van der Waals surface area contributed by atoms with Gasteiger partial charge in [-0.2, -0.15) is 11.8 Å². The molecule has 2 N–H and O–H groups in total. The molecule has 0 bridgehead atoms. The van der Waals surface area contributed by atoms with Crippen LogP contribution < -0.4 is 16.6 Å². The first-order chi connectivity index (χ1) is 14.6. The van der Waals surface area contributed by atoms with Gasteiger partial charge in [0.2, 0.25) is 5.91 Å². The maximum atomic E-state index is 13.0. The number of rotatable bonds is 7. The first-order valence-corrected chi connectivity index (χ1v) is 10.8. The van der Waals surface area contributed by atoms with E-state index < -0.39 is 23.2 Å². The topological polar surface area (TPSA) is 114 Å². The quantitative estimate of drug-likeness (QED) is 0.463. The lowest BCUT2D eigenvalue weighted by Crippen LogP contribution is -2.44. The fraction of sp³-hybridized carbons (Fsp3) is 0.250. The molecule has 0 spiro atoms. The Kier molecular flexibility index (Phi) is 5.66. The Hall–Kier alpha value is -3.40. The minimum atomic E-state index is -0.933. The molecule has 0 fully saturated rings. The van der Waals surface area contributed by atoms with Crippen LogP contribution in [0.15, 0.2) is 58.3 Å². The molecule has 0 saturated carbocycles. The maximum Gasteiger partial charge on any atom is 0.329 e. The molecule has 1 atom stereocenters. The normalized spacial score (nSPS) is 12.3. The van der Waals surface area contributed by atoms with E-state index in [0.717, 1.165) is 4.57 Å². The third kappa shape index (κ3) is 3.73. The first-order valence-electron chi connectivity index (χ1n) is 9.39. The Labute approximate surface area is 175 Å². The van der Waals surface area contributed by atoms with Crippen LogP contribution in [0.3, 0.4) is 0 Å². The minimum absolute atomic E-state index is 0.125. The van der Waals surface area contributed by atoms with Gasteiger partial charge in [0.1, 0.15) is 6.04 Å². The summed E-state index contributed by atoms with van der Waals surface area (Å²) in [5.41, 5.74) is 0.0296. The average Bonchev–Trinajstić information content (AvgIpc) is 3.17. The number of hydrogen-bond acceptors (Lipinski definition) is 6. The van der Waals surface area contributed by atoms with E-state index in [2.05, 4.69) is 20.5 Å². The van der Waals surface area contributed by atoms with Crippen LogP contribution in [0.1, 0.15) is 18.3 Å². The second-order valence-electron chi connectivity index (χ2n) is 6.71. The fourth-order valence-electron chi connectivity index (χ4n) is 3.36. The Morgan fingerprint density at radius 2 is 1.97 bits per heavy atom. The Morgan fingerprint density at radius 3 is 2.80 bits per heavy atom. The van der Waals surface area contributed by atoms with Crippen LogP contribution in [0, 0.1) is 0 Å². The SMILES string of the molecule is CSCCC(C(=O)NCc1nnc2ccccn12)n1c(=O)[nH]c2ccccc2c1=O. The third-order valence-corrected chi connectivity index (χ3v) is 5.50. The number of amides is 1. The summed E-state index contributed by atoms with van der Waals surface area (Å²) in [7, 11) is 0. The van der Waals surface area contributed by atoms with Gasteiger partial charge in [0.15, 0.2) is 11.5 Å². The second kappa shape index (κ2) is 8.54. The van der Waals surface area contributed by atoms with Crippen LogP contribution in [0.25, 0.3) is 16.6 Å². The number of thioether (sulfide) groups is 1. The number of H-pyrrole nitrogens is 1. The van der Waals surface area contributed by atoms with Crippen molar-refractivity contribution in [2.45, 2.75) is 19.0 Å². The molecule has 10 heteroatoms. The van der Waals surface area contributed by atoms with Crippen LogP contribution in [0.4, 0.5) is 0 Å². The zero-order valence-corrected chi connectivity index (χ0v) is 17.1. The van der Waals surface area contributed by atoms with E-state index in [1.165, 1.54) is 0 Å². The van der Waals surface area contributed by atoms with Crippen LogP contribution in [-0.2, 0) is 11.3 Å². The minimum Gasteiger partial charge on any atom is -0.347 e. The highest BCUT2D eigenvalue weighted by molar-refractivity contribution is 7.98. The number of aromatic nitrogens is 5. The summed E-state index contributed by atoms with van der Waals surface area (Å²) in [4.78, 5) is 41.4. The molecule has 0 aliphatic rings. The Morgan fingerprint density at radius 1 is 1.17 bits per heavy atom. The number of pyridine rings is 1. The van der Waals surface area contributed by atoms with Crippen molar-refractivity contribution in [3.05, 3.63) is 75.3 Å². The average molecular weight is 424 g/mol. The molecule has 1 aromatic carbocycles. The fourth-order valence-corrected chi connectivity index (χ4v) is 3.82. The summed E-state index contributed by atoms with van der Waals surface area (Å²) in [5.74, 6) is 0.756. The van der Waals surface area contributed by atoms with Crippen molar-refractivity contribution in [3.8, 4) is 0 Å². The molecule has 1 unspecified atom stereocenters. The molecule has 30 heavy (non-hydrogen) atoms. The highest BCUT2D eigenvalue weighted by Crippen LogP contribution is 2.13. The monoisotopic (exact) mass is 424 g/mol. The zero-order valence-electron chi connectivity index (χ0n) is 16.2. The van der Waals surface area contributed by atoms with Crippen LogP contribution in [-0.4, -0.2) is 42.1 Å². The number of fused-ring (bicyclic) bond motifs is 2. The predicted molar refractivity (Wildman–Crippen MR) is 116 cm³/mol. The number of carbonyl (C=O) groups is 1. The van der Waals surface area contributed by atoms with E-state index in [1.807, 2.05) is 24.5 Å². The van der Waals surface area contributed by atoms with E-state index >= 15 is 0 Å². The predicted octanol–water partition coefficient (Wildman–Crippen LogP) is 1.34. The van der Waals surface area contributed by atoms with Gasteiger partial charge >= 0.3 is 5.69 Å². The van der Waals surface area contributed by atoms with Crippen LogP contribution in [0.5, 0.6) is 0 Å². The summed E-state index contributed by atoms with van der Waals surface area (Å²) in [6.45, 7) is 0.125. The molecular formula is C20H20N6O3S. The molecule has 154 valence electrons. The largest absolute Gasteiger partial charge is 0.347 e. The van der Waals surface area contributed by atoms with Gasteiger partial charge in [0.25, 0.3) is 5.56 Å². The Bertz CT molecular complexity index is 1330. The van der Waals surface area contributed by atoms with Gasteiger partial charge in [-0.25, -0.2) is 9.36 Å². The summed E-state index contributed by atoms with van der Waals surface area (Å²) >= 11 is 1.54. The molecule has 0 aliphatic heterocycles. The lowest BCUT2D eigenvalue weighted by molar-refractivity contribution is -0.124. The standard InChI is InChI=1S/C20H20N6O3S/c1-30-11-9-15(26-19(28)13-6-2-3-7-14(13)22-20(26)29)18(27)21-12-17-24-23-16-8-4-5-10-25(16)17/h2-8,10,15H,9,11-12H2,1H3,(H,21,27)(H,22,29). The summed E-state index contributed by atoms with van der Waals surface area (Å²) < 4.78 is 2.78. The third-order valence-electron chi connectivity index (χ3n) is 4.85. The van der Waals surface area contributed by atoms with Crippen molar-refractivity contribution in [2.75, 3.05) is 12.0 Å². The number of benzene rings is 1. The number of nitrogens with zero attached hydrogens (tertiary/aromatic N) is 4. The molecule has 0 aliphatic carbocycles. The molecule has 4 rings (SSSR count). The number of aromatic amines is 1. The second-order valence-corrected chi connectivity index (χ2v) is 7.70. The van der Waals surface area contributed by atoms with E-state index in [1.54, 1.807) is 46.6 Å². The molecule has 9 nitrogen and oxygen atoms in total. The summed E-state index contributed by atoms with van der Waals surface area (Å²) in [6, 6.07) is 11.3. The molecular weight excluding hydrogens is 404 g/mol. The van der Waals surface area contributed by atoms with Gasteiger partial charge in [-0.05, 0) is 42.7 Å². The first kappa shape index (κ1) is 19.9. The summed E-state index contributed by atoms with van der Waals surface area (Å²) in [6.07, 6.45) is 4.06. The van der Waals surface area contributed by atoms with Crippen LogP contribution in [0.2, 0.25) is 0 Å². The lowest BCUT2D eigenvalue weighted by atomic mass is 10.2. The van der Waals surface area contributed by atoms with Crippen molar-refractivity contribution < 1.29 is 4.79 Å². The van der Waals surface area contributed by atoms with Gasteiger partial charge in [0.05, 0.1) is 17.4 Å². The van der Waals surface area contributed by atoms with Gasteiger partial charge in [0, 0.05) is 6.20 Å². The maximum absolute atomic E-state index is 13.0. The van der Waals surface area contributed by atoms with E-state index in [4.69, 9.17) is 0 Å². The van der Waals surface area contributed by atoms with E-state index in [0.29, 0.717) is 34.5 Å². The summed E-state index contributed by atoms with van der Waals surface area (Å²) in [5, 5.41) is 11.3. The van der Waals surface area contributed by atoms with Crippen molar-refractivity contribution in [1.82, 2.24) is 29.5 Å². The van der Waals surface area contributed by atoms with Gasteiger partial charge in [-0.15, -0.1) is 10.2 Å². The van der Waals surface area contributed by atoms with Crippen LogP contribution >= 0.6 is 11.8 Å². The van der Waals surface area contributed by atoms with Crippen molar-refractivity contribution >= 4 is 34.2 Å². The highest BCUT2D eigenvalue weighted by Gasteiger charge is 2.25. The van der Waals surface area contributed by atoms with E-state index in [-0.39, 0.29) is 6.54 Å². The van der Waals surface area contributed by atoms with Crippen molar-refractivity contribution in [3.63, 3.8) is 0 Å². The number of hydrogen-bond donors (Lipinski definition) is 2. The lowest BCUT2D eigenvalue weighted by Gasteiger charge is -2.18. The molecule has 0 saturated heterocycles. The Balaban J connectivity index is 1.66. The molecule has 4 aromatic rings. The molecule has 3 aromatic heterocycles. The number of nitrogens with one attached hydrogen (secondary N) is 2. The smallest absolute Gasteiger partial charge is 0.329 e.